The molecule has 1 aromatic carbocycles. The molecule has 0 atom stereocenters. The molecule has 0 bridgehead atoms. The SMILES string of the molecule is CCNC(=NCCCN1CCOCC1)NCCCCN1CCN(c2cccc(C)c2)CC1. The largest absolute Gasteiger partial charge is 0.379 e. The molecule has 2 heterocycles. The minimum atomic E-state index is 0.871. The highest BCUT2D eigenvalue weighted by Crippen LogP contribution is 2.17. The Balaban J connectivity index is 1.25. The fraction of sp³-hybridized carbons (Fsp3) is 0.720. The first kappa shape index (κ1) is 24.8. The topological polar surface area (TPSA) is 55.4 Å². The van der Waals surface area contributed by atoms with E-state index in [0.717, 1.165) is 91.0 Å². The summed E-state index contributed by atoms with van der Waals surface area (Å²) in [7, 11) is 0. The lowest BCUT2D eigenvalue weighted by atomic mass is 10.2. The molecular weight excluding hydrogens is 400 g/mol. The van der Waals surface area contributed by atoms with Crippen molar-refractivity contribution in [3.63, 3.8) is 0 Å². The number of morpholine rings is 1. The second-order valence-electron chi connectivity index (χ2n) is 8.87. The number of unbranched alkanes of at least 4 members (excludes halogenated alkanes) is 1. The molecule has 0 saturated carbocycles. The highest BCUT2D eigenvalue weighted by Gasteiger charge is 2.16. The van der Waals surface area contributed by atoms with E-state index < -0.39 is 0 Å². The van der Waals surface area contributed by atoms with Crippen molar-refractivity contribution in [2.45, 2.75) is 33.1 Å². The number of aliphatic imine (C=N–C) groups is 1. The number of aryl methyl sites for hydroxylation is 1. The zero-order valence-corrected chi connectivity index (χ0v) is 20.3. The van der Waals surface area contributed by atoms with E-state index in [9.17, 15) is 0 Å². The lowest BCUT2D eigenvalue weighted by Crippen LogP contribution is -2.46. The summed E-state index contributed by atoms with van der Waals surface area (Å²) >= 11 is 0. The van der Waals surface area contributed by atoms with Crippen LogP contribution in [0.4, 0.5) is 5.69 Å². The van der Waals surface area contributed by atoms with Crippen molar-refractivity contribution in [3.05, 3.63) is 29.8 Å². The van der Waals surface area contributed by atoms with Crippen LogP contribution in [0.1, 0.15) is 31.7 Å². The van der Waals surface area contributed by atoms with Crippen LogP contribution in [-0.2, 0) is 4.74 Å². The van der Waals surface area contributed by atoms with E-state index in [2.05, 4.69) is 63.4 Å². The van der Waals surface area contributed by atoms with E-state index in [1.165, 1.54) is 30.6 Å². The minimum absolute atomic E-state index is 0.871. The maximum Gasteiger partial charge on any atom is 0.191 e. The van der Waals surface area contributed by atoms with Crippen LogP contribution in [0.25, 0.3) is 0 Å². The van der Waals surface area contributed by atoms with Gasteiger partial charge < -0.3 is 20.3 Å². The van der Waals surface area contributed by atoms with Gasteiger partial charge in [-0.05, 0) is 57.4 Å². The molecule has 32 heavy (non-hydrogen) atoms. The lowest BCUT2D eigenvalue weighted by Gasteiger charge is -2.36. The molecule has 0 amide bonds. The molecule has 0 radical (unpaired) electrons. The van der Waals surface area contributed by atoms with Gasteiger partial charge in [-0.25, -0.2) is 0 Å². The van der Waals surface area contributed by atoms with Gasteiger partial charge in [0.15, 0.2) is 5.96 Å². The van der Waals surface area contributed by atoms with E-state index in [1.54, 1.807) is 0 Å². The molecular formula is C25H44N6O. The van der Waals surface area contributed by atoms with Crippen molar-refractivity contribution in [3.8, 4) is 0 Å². The molecule has 2 N–H and O–H groups in total. The zero-order chi connectivity index (χ0) is 22.4. The first-order chi connectivity index (χ1) is 15.7. The number of benzene rings is 1. The minimum Gasteiger partial charge on any atom is -0.379 e. The van der Waals surface area contributed by atoms with Crippen molar-refractivity contribution in [1.29, 1.82) is 0 Å². The lowest BCUT2D eigenvalue weighted by molar-refractivity contribution is 0.0377. The van der Waals surface area contributed by atoms with Gasteiger partial charge in [0.1, 0.15) is 0 Å². The zero-order valence-electron chi connectivity index (χ0n) is 20.3. The number of nitrogens with zero attached hydrogens (tertiary/aromatic N) is 4. The third-order valence-corrected chi connectivity index (χ3v) is 6.28. The van der Waals surface area contributed by atoms with Crippen LogP contribution in [0.3, 0.4) is 0 Å². The molecule has 180 valence electrons. The standard InChI is InChI=1S/C25H44N6O/c1-3-26-25(28-11-7-13-30-18-20-32-21-19-30)27-10-4-5-12-29-14-16-31(17-15-29)24-9-6-8-23(2)22-24/h6,8-9,22H,3-5,7,10-21H2,1-2H3,(H2,26,27,28). The average Bonchev–Trinajstić information content (AvgIpc) is 2.82. The van der Waals surface area contributed by atoms with Crippen molar-refractivity contribution in [1.82, 2.24) is 20.4 Å². The van der Waals surface area contributed by atoms with Gasteiger partial charge >= 0.3 is 0 Å². The molecule has 0 aliphatic carbocycles. The van der Waals surface area contributed by atoms with Gasteiger partial charge in [-0.1, -0.05) is 12.1 Å². The van der Waals surface area contributed by atoms with Crippen molar-refractivity contribution in [2.24, 2.45) is 4.99 Å². The smallest absolute Gasteiger partial charge is 0.191 e. The van der Waals surface area contributed by atoms with Gasteiger partial charge in [-0.15, -0.1) is 0 Å². The normalized spacial score (nSPS) is 18.7. The van der Waals surface area contributed by atoms with Gasteiger partial charge in [0.05, 0.1) is 13.2 Å². The molecule has 0 aromatic heterocycles. The van der Waals surface area contributed by atoms with Gasteiger partial charge in [0.25, 0.3) is 0 Å². The number of piperazine rings is 1. The van der Waals surface area contributed by atoms with E-state index >= 15 is 0 Å². The van der Waals surface area contributed by atoms with E-state index in [-0.39, 0.29) is 0 Å². The number of hydrogen-bond acceptors (Lipinski definition) is 5. The number of rotatable bonds is 11. The summed E-state index contributed by atoms with van der Waals surface area (Å²) in [5.41, 5.74) is 2.71. The first-order valence-corrected chi connectivity index (χ1v) is 12.6. The number of anilines is 1. The Labute approximate surface area is 195 Å². The Morgan fingerprint density at radius 2 is 1.69 bits per heavy atom. The highest BCUT2D eigenvalue weighted by atomic mass is 16.5. The first-order valence-electron chi connectivity index (χ1n) is 12.6. The molecule has 2 saturated heterocycles. The van der Waals surface area contributed by atoms with E-state index in [0.29, 0.717) is 0 Å². The Hall–Kier alpha value is -1.83. The Morgan fingerprint density at radius 1 is 0.938 bits per heavy atom. The maximum absolute atomic E-state index is 5.41. The number of hydrogen-bond donors (Lipinski definition) is 2. The molecule has 2 fully saturated rings. The third-order valence-electron chi connectivity index (χ3n) is 6.28. The number of nitrogens with one attached hydrogen (secondary N) is 2. The number of guanidine groups is 1. The summed E-state index contributed by atoms with van der Waals surface area (Å²) in [6, 6.07) is 8.87. The second-order valence-corrected chi connectivity index (χ2v) is 8.87. The third kappa shape index (κ3) is 8.96. The van der Waals surface area contributed by atoms with Gasteiger partial charge in [-0.3, -0.25) is 14.8 Å². The molecule has 7 nitrogen and oxygen atoms in total. The molecule has 7 heteroatoms. The van der Waals surface area contributed by atoms with E-state index in [1.807, 2.05) is 0 Å². The fourth-order valence-electron chi connectivity index (χ4n) is 4.37. The summed E-state index contributed by atoms with van der Waals surface area (Å²) in [5, 5.41) is 6.88. The van der Waals surface area contributed by atoms with Crippen LogP contribution in [0, 0.1) is 6.92 Å². The van der Waals surface area contributed by atoms with Crippen molar-refractivity contribution in [2.75, 3.05) is 90.1 Å². The van der Waals surface area contributed by atoms with Crippen LogP contribution < -0.4 is 15.5 Å². The van der Waals surface area contributed by atoms with Gasteiger partial charge in [0.2, 0.25) is 0 Å². The van der Waals surface area contributed by atoms with E-state index in [4.69, 9.17) is 9.73 Å². The van der Waals surface area contributed by atoms with Crippen LogP contribution in [-0.4, -0.2) is 101 Å². The second kappa shape index (κ2) is 14.3. The predicted molar refractivity (Wildman–Crippen MR) is 135 cm³/mol. The fourth-order valence-corrected chi connectivity index (χ4v) is 4.37. The molecule has 0 spiro atoms. The quantitative estimate of drug-likeness (QED) is 0.310. The predicted octanol–water partition coefficient (Wildman–Crippen LogP) is 2.17. The maximum atomic E-state index is 5.41. The Kier molecular flexibility index (Phi) is 11.1. The monoisotopic (exact) mass is 444 g/mol. The van der Waals surface area contributed by atoms with Crippen molar-refractivity contribution < 1.29 is 4.74 Å². The van der Waals surface area contributed by atoms with Crippen LogP contribution >= 0.6 is 0 Å². The summed E-state index contributed by atoms with van der Waals surface area (Å²) in [6.45, 7) is 17.8. The summed E-state index contributed by atoms with van der Waals surface area (Å²) in [4.78, 5) is 12.3. The van der Waals surface area contributed by atoms with Gasteiger partial charge in [0, 0.05) is 71.1 Å². The summed E-state index contributed by atoms with van der Waals surface area (Å²) < 4.78 is 5.41. The summed E-state index contributed by atoms with van der Waals surface area (Å²) in [6.07, 6.45) is 3.51. The molecule has 1 aromatic rings. The molecule has 0 unspecified atom stereocenters. The van der Waals surface area contributed by atoms with Gasteiger partial charge in [-0.2, -0.15) is 0 Å². The average molecular weight is 445 g/mol. The highest BCUT2D eigenvalue weighted by molar-refractivity contribution is 5.79. The van der Waals surface area contributed by atoms with Crippen molar-refractivity contribution >= 4 is 11.6 Å². The van der Waals surface area contributed by atoms with Crippen LogP contribution in [0.15, 0.2) is 29.3 Å². The van der Waals surface area contributed by atoms with Crippen LogP contribution in [0.2, 0.25) is 0 Å². The molecule has 2 aliphatic rings. The Bertz CT molecular complexity index is 668. The summed E-state index contributed by atoms with van der Waals surface area (Å²) in [5.74, 6) is 0.959. The number of ether oxygens (including phenoxy) is 1. The van der Waals surface area contributed by atoms with Crippen LogP contribution in [0.5, 0.6) is 0 Å². The molecule has 2 aliphatic heterocycles. The molecule has 3 rings (SSSR count). The Morgan fingerprint density at radius 3 is 2.44 bits per heavy atom.